The summed E-state index contributed by atoms with van der Waals surface area (Å²) in [6.07, 6.45) is 2.60. The molecule has 0 saturated carbocycles. The van der Waals surface area contributed by atoms with Gasteiger partial charge in [-0.05, 0) is 50.3 Å². The lowest BCUT2D eigenvalue weighted by Gasteiger charge is -2.14. The molecule has 0 aromatic heterocycles. The van der Waals surface area contributed by atoms with E-state index >= 15 is 0 Å². The third-order valence-corrected chi connectivity index (χ3v) is 3.78. The van der Waals surface area contributed by atoms with Crippen LogP contribution in [0, 0.1) is 0 Å². The first-order valence-electron chi connectivity index (χ1n) is 7.49. The first kappa shape index (κ1) is 16.2. The molecule has 1 heterocycles. The van der Waals surface area contributed by atoms with Crippen molar-refractivity contribution in [3.8, 4) is 0 Å². The van der Waals surface area contributed by atoms with Gasteiger partial charge in [0.15, 0.2) is 5.11 Å². The van der Waals surface area contributed by atoms with Gasteiger partial charge in [-0.1, -0.05) is 24.3 Å². The molecule has 1 aromatic carbocycles. The largest absolute Gasteiger partial charge is 0.376 e. The van der Waals surface area contributed by atoms with Gasteiger partial charge >= 0.3 is 0 Å². The number of hydrogen-bond acceptors (Lipinski definition) is 3. The van der Waals surface area contributed by atoms with Crippen molar-refractivity contribution in [1.82, 2.24) is 15.5 Å². The summed E-state index contributed by atoms with van der Waals surface area (Å²) in [5.41, 5.74) is 2.56. The van der Waals surface area contributed by atoms with E-state index in [-0.39, 0.29) is 0 Å². The number of ether oxygens (including phenoxy) is 1. The number of benzene rings is 1. The highest BCUT2D eigenvalue weighted by atomic mass is 32.1. The molecule has 1 aliphatic heterocycles. The van der Waals surface area contributed by atoms with E-state index in [2.05, 4.69) is 53.9 Å². The monoisotopic (exact) mass is 307 g/mol. The standard InChI is InChI=1S/C16H25N3OS/c1-19(2)12-14-7-5-13(6-8-14)10-17-16(21)18-11-15-4-3-9-20-15/h5-8,15H,3-4,9-12H2,1-2H3,(H2,17,18,21)/t15-/m0/s1. The van der Waals surface area contributed by atoms with Crippen molar-refractivity contribution >= 4 is 17.3 Å². The van der Waals surface area contributed by atoms with Crippen LogP contribution in [0.4, 0.5) is 0 Å². The highest BCUT2D eigenvalue weighted by molar-refractivity contribution is 7.80. The Morgan fingerprint density at radius 1 is 1.24 bits per heavy atom. The Bertz CT molecular complexity index is 441. The van der Waals surface area contributed by atoms with Crippen molar-refractivity contribution in [2.45, 2.75) is 32.0 Å². The predicted octanol–water partition coefficient (Wildman–Crippen LogP) is 1.89. The van der Waals surface area contributed by atoms with E-state index < -0.39 is 0 Å². The summed E-state index contributed by atoms with van der Waals surface area (Å²) >= 11 is 5.29. The van der Waals surface area contributed by atoms with Gasteiger partial charge in [0, 0.05) is 26.2 Å². The quantitative estimate of drug-likeness (QED) is 0.785. The van der Waals surface area contributed by atoms with Crippen LogP contribution in [0.3, 0.4) is 0 Å². The van der Waals surface area contributed by atoms with Crippen molar-refractivity contribution in [2.75, 3.05) is 27.2 Å². The minimum absolute atomic E-state index is 0.315. The van der Waals surface area contributed by atoms with Crippen molar-refractivity contribution in [3.63, 3.8) is 0 Å². The maximum Gasteiger partial charge on any atom is 0.166 e. The normalized spacial score (nSPS) is 18.0. The molecule has 0 bridgehead atoms. The summed E-state index contributed by atoms with van der Waals surface area (Å²) in [6.45, 7) is 3.40. The molecule has 1 atom stereocenters. The van der Waals surface area contributed by atoms with E-state index in [4.69, 9.17) is 17.0 Å². The van der Waals surface area contributed by atoms with E-state index in [0.717, 1.165) is 39.1 Å². The van der Waals surface area contributed by atoms with Gasteiger partial charge in [0.1, 0.15) is 0 Å². The molecule has 1 saturated heterocycles. The molecular weight excluding hydrogens is 282 g/mol. The number of hydrogen-bond donors (Lipinski definition) is 2. The lowest BCUT2D eigenvalue weighted by atomic mass is 10.1. The van der Waals surface area contributed by atoms with E-state index in [1.165, 1.54) is 11.1 Å². The summed E-state index contributed by atoms with van der Waals surface area (Å²) in [5.74, 6) is 0. The number of nitrogens with zero attached hydrogens (tertiary/aromatic N) is 1. The zero-order valence-electron chi connectivity index (χ0n) is 12.9. The summed E-state index contributed by atoms with van der Waals surface area (Å²) in [6, 6.07) is 8.63. The van der Waals surface area contributed by atoms with Crippen LogP contribution in [0.1, 0.15) is 24.0 Å². The van der Waals surface area contributed by atoms with Gasteiger partial charge < -0.3 is 20.3 Å². The molecule has 0 radical (unpaired) electrons. The van der Waals surface area contributed by atoms with Crippen LogP contribution in [0.25, 0.3) is 0 Å². The molecule has 21 heavy (non-hydrogen) atoms. The Morgan fingerprint density at radius 3 is 2.57 bits per heavy atom. The van der Waals surface area contributed by atoms with Crippen LogP contribution < -0.4 is 10.6 Å². The average molecular weight is 307 g/mol. The lowest BCUT2D eigenvalue weighted by molar-refractivity contribution is 0.114. The van der Waals surface area contributed by atoms with Crippen LogP contribution >= 0.6 is 12.2 Å². The maximum absolute atomic E-state index is 5.56. The van der Waals surface area contributed by atoms with Gasteiger partial charge in [-0.2, -0.15) is 0 Å². The van der Waals surface area contributed by atoms with E-state index in [0.29, 0.717) is 11.2 Å². The predicted molar refractivity (Wildman–Crippen MR) is 90.2 cm³/mol. The molecule has 1 fully saturated rings. The highest BCUT2D eigenvalue weighted by Gasteiger charge is 2.15. The Labute approximate surface area is 132 Å². The second-order valence-corrected chi connectivity index (χ2v) is 6.16. The first-order valence-corrected chi connectivity index (χ1v) is 7.90. The number of nitrogens with one attached hydrogen (secondary N) is 2. The number of thiocarbonyl (C=S) groups is 1. The van der Waals surface area contributed by atoms with Gasteiger partial charge in [-0.25, -0.2) is 0 Å². The molecule has 1 aromatic rings. The topological polar surface area (TPSA) is 36.5 Å². The van der Waals surface area contributed by atoms with Gasteiger partial charge in [0.2, 0.25) is 0 Å². The second kappa shape index (κ2) is 8.32. The second-order valence-electron chi connectivity index (χ2n) is 5.75. The van der Waals surface area contributed by atoms with Crippen LogP contribution in [-0.2, 0) is 17.8 Å². The van der Waals surface area contributed by atoms with Crippen LogP contribution in [0.5, 0.6) is 0 Å². The zero-order chi connectivity index (χ0) is 15.1. The summed E-state index contributed by atoms with van der Waals surface area (Å²) < 4.78 is 5.56. The fraction of sp³-hybridized carbons (Fsp3) is 0.562. The maximum atomic E-state index is 5.56. The molecule has 2 rings (SSSR count). The van der Waals surface area contributed by atoms with Gasteiger partial charge in [0.25, 0.3) is 0 Å². The van der Waals surface area contributed by atoms with Gasteiger partial charge in [-0.3, -0.25) is 0 Å². The zero-order valence-corrected chi connectivity index (χ0v) is 13.7. The van der Waals surface area contributed by atoms with Gasteiger partial charge in [-0.15, -0.1) is 0 Å². The van der Waals surface area contributed by atoms with Crippen LogP contribution in [0.15, 0.2) is 24.3 Å². The Balaban J connectivity index is 1.68. The van der Waals surface area contributed by atoms with E-state index in [1.54, 1.807) is 0 Å². The lowest BCUT2D eigenvalue weighted by Crippen LogP contribution is -2.39. The van der Waals surface area contributed by atoms with E-state index in [9.17, 15) is 0 Å². The highest BCUT2D eigenvalue weighted by Crippen LogP contribution is 2.10. The summed E-state index contributed by atoms with van der Waals surface area (Å²) in [7, 11) is 4.15. The minimum Gasteiger partial charge on any atom is -0.376 e. The molecule has 0 unspecified atom stereocenters. The van der Waals surface area contributed by atoms with Crippen molar-refractivity contribution < 1.29 is 4.74 Å². The third-order valence-electron chi connectivity index (χ3n) is 3.49. The third kappa shape index (κ3) is 5.99. The summed E-state index contributed by atoms with van der Waals surface area (Å²) in [5, 5.41) is 7.16. The molecule has 1 aliphatic rings. The molecule has 2 N–H and O–H groups in total. The molecule has 0 amide bonds. The van der Waals surface area contributed by atoms with Gasteiger partial charge in [0.05, 0.1) is 6.10 Å². The average Bonchev–Trinajstić information content (AvgIpc) is 2.97. The molecular formula is C16H25N3OS. The SMILES string of the molecule is CN(C)Cc1ccc(CNC(=S)NC[C@@H]2CCCO2)cc1. The molecule has 4 nitrogen and oxygen atoms in total. The van der Waals surface area contributed by atoms with Crippen molar-refractivity contribution in [1.29, 1.82) is 0 Å². The fourth-order valence-corrected chi connectivity index (χ4v) is 2.54. The molecule has 0 spiro atoms. The number of rotatable bonds is 6. The fourth-order valence-electron chi connectivity index (χ4n) is 2.38. The minimum atomic E-state index is 0.315. The Hall–Kier alpha value is -1.17. The molecule has 0 aliphatic carbocycles. The molecule has 5 heteroatoms. The summed E-state index contributed by atoms with van der Waals surface area (Å²) in [4.78, 5) is 2.16. The first-order chi connectivity index (χ1) is 10.1. The van der Waals surface area contributed by atoms with Crippen molar-refractivity contribution in [3.05, 3.63) is 35.4 Å². The van der Waals surface area contributed by atoms with Crippen LogP contribution in [-0.4, -0.2) is 43.4 Å². The van der Waals surface area contributed by atoms with E-state index in [1.807, 2.05) is 0 Å². The Morgan fingerprint density at radius 2 is 1.95 bits per heavy atom. The smallest absolute Gasteiger partial charge is 0.166 e. The molecule has 116 valence electrons. The van der Waals surface area contributed by atoms with Crippen molar-refractivity contribution in [2.24, 2.45) is 0 Å². The van der Waals surface area contributed by atoms with Crippen LogP contribution in [0.2, 0.25) is 0 Å². The Kier molecular flexibility index (Phi) is 6.42.